The standard InChI is InChI=1S/C10H13N3O2/c14-9(13-6-1-2-7-13)8-15-10-11-4-3-5-12-10/h3-5H,1-2,6-8H2. The molecule has 0 aromatic carbocycles. The molecule has 0 atom stereocenters. The van der Waals surface area contributed by atoms with Crippen molar-refractivity contribution >= 4 is 5.91 Å². The van der Waals surface area contributed by atoms with Gasteiger partial charge < -0.3 is 9.64 Å². The van der Waals surface area contributed by atoms with E-state index in [0.29, 0.717) is 0 Å². The van der Waals surface area contributed by atoms with E-state index < -0.39 is 0 Å². The van der Waals surface area contributed by atoms with E-state index in [4.69, 9.17) is 4.74 Å². The number of hydrogen-bond donors (Lipinski definition) is 0. The summed E-state index contributed by atoms with van der Waals surface area (Å²) in [5, 5.41) is 0. The maximum absolute atomic E-state index is 11.6. The summed E-state index contributed by atoms with van der Waals surface area (Å²) in [5.74, 6) is 0.0138. The first kappa shape index (κ1) is 9.89. The lowest BCUT2D eigenvalue weighted by molar-refractivity contribution is -0.132. The van der Waals surface area contributed by atoms with Gasteiger partial charge in [0.15, 0.2) is 6.61 Å². The Morgan fingerprint density at radius 2 is 2.00 bits per heavy atom. The fourth-order valence-corrected chi connectivity index (χ4v) is 1.54. The first-order valence-corrected chi connectivity index (χ1v) is 5.04. The van der Waals surface area contributed by atoms with Crippen molar-refractivity contribution < 1.29 is 9.53 Å². The van der Waals surface area contributed by atoms with Crippen LogP contribution in [0.3, 0.4) is 0 Å². The highest BCUT2D eigenvalue weighted by Gasteiger charge is 2.18. The molecule has 1 aliphatic heterocycles. The number of carbonyl (C=O) groups excluding carboxylic acids is 1. The van der Waals surface area contributed by atoms with E-state index in [9.17, 15) is 4.79 Å². The molecular formula is C10H13N3O2. The molecule has 0 spiro atoms. The molecule has 0 aliphatic carbocycles. The van der Waals surface area contributed by atoms with Gasteiger partial charge in [-0.25, -0.2) is 9.97 Å². The van der Waals surface area contributed by atoms with E-state index >= 15 is 0 Å². The Hall–Kier alpha value is -1.65. The fraction of sp³-hybridized carbons (Fsp3) is 0.500. The van der Waals surface area contributed by atoms with Crippen LogP contribution in [0.4, 0.5) is 0 Å². The van der Waals surface area contributed by atoms with E-state index in [1.165, 1.54) is 0 Å². The molecule has 0 bridgehead atoms. The average molecular weight is 207 g/mol. The lowest BCUT2D eigenvalue weighted by Crippen LogP contribution is -2.32. The van der Waals surface area contributed by atoms with Crippen molar-refractivity contribution in [2.45, 2.75) is 12.8 Å². The van der Waals surface area contributed by atoms with Gasteiger partial charge in [-0.1, -0.05) is 0 Å². The summed E-state index contributed by atoms with van der Waals surface area (Å²) in [4.78, 5) is 21.1. The summed E-state index contributed by atoms with van der Waals surface area (Å²) >= 11 is 0. The highest BCUT2D eigenvalue weighted by molar-refractivity contribution is 5.77. The molecule has 5 nitrogen and oxygen atoms in total. The van der Waals surface area contributed by atoms with Gasteiger partial charge in [0.2, 0.25) is 0 Å². The van der Waals surface area contributed by atoms with Crippen molar-refractivity contribution in [2.24, 2.45) is 0 Å². The van der Waals surface area contributed by atoms with Gasteiger partial charge in [-0.05, 0) is 18.9 Å². The Morgan fingerprint density at radius 1 is 1.33 bits per heavy atom. The van der Waals surface area contributed by atoms with Gasteiger partial charge >= 0.3 is 6.01 Å². The van der Waals surface area contributed by atoms with Crippen molar-refractivity contribution in [3.8, 4) is 6.01 Å². The van der Waals surface area contributed by atoms with Crippen molar-refractivity contribution in [3.05, 3.63) is 18.5 Å². The van der Waals surface area contributed by atoms with Crippen LogP contribution in [0.1, 0.15) is 12.8 Å². The Morgan fingerprint density at radius 3 is 2.67 bits per heavy atom. The molecule has 80 valence electrons. The quantitative estimate of drug-likeness (QED) is 0.723. The molecular weight excluding hydrogens is 194 g/mol. The van der Waals surface area contributed by atoms with E-state index in [1.54, 1.807) is 18.5 Å². The summed E-state index contributed by atoms with van der Waals surface area (Å²) in [6.45, 7) is 1.72. The highest BCUT2D eigenvalue weighted by Crippen LogP contribution is 2.07. The van der Waals surface area contributed by atoms with Crippen LogP contribution in [0.25, 0.3) is 0 Å². The van der Waals surface area contributed by atoms with Crippen molar-refractivity contribution in [3.63, 3.8) is 0 Å². The second-order valence-corrected chi connectivity index (χ2v) is 3.41. The lowest BCUT2D eigenvalue weighted by atomic mass is 10.4. The molecule has 15 heavy (non-hydrogen) atoms. The van der Waals surface area contributed by atoms with Crippen LogP contribution in [0.15, 0.2) is 18.5 Å². The monoisotopic (exact) mass is 207 g/mol. The van der Waals surface area contributed by atoms with Crippen LogP contribution in [0.5, 0.6) is 6.01 Å². The van der Waals surface area contributed by atoms with Gasteiger partial charge in [0.25, 0.3) is 5.91 Å². The summed E-state index contributed by atoms with van der Waals surface area (Å²) < 4.78 is 5.17. The molecule has 1 saturated heterocycles. The SMILES string of the molecule is O=C(COc1ncccn1)N1CCCC1. The number of aromatic nitrogens is 2. The maximum atomic E-state index is 11.6. The van der Waals surface area contributed by atoms with Crippen LogP contribution in [0.2, 0.25) is 0 Å². The van der Waals surface area contributed by atoms with Gasteiger partial charge in [0.1, 0.15) is 0 Å². The van der Waals surface area contributed by atoms with Gasteiger partial charge in [0.05, 0.1) is 0 Å². The molecule has 0 N–H and O–H groups in total. The summed E-state index contributed by atoms with van der Waals surface area (Å²) in [6.07, 6.45) is 5.35. The Bertz CT molecular complexity index is 323. The minimum absolute atomic E-state index is 0.0138. The zero-order chi connectivity index (χ0) is 10.5. The fourth-order valence-electron chi connectivity index (χ4n) is 1.54. The van der Waals surface area contributed by atoms with Crippen molar-refractivity contribution in [2.75, 3.05) is 19.7 Å². The third-order valence-electron chi connectivity index (χ3n) is 2.33. The molecule has 2 heterocycles. The van der Waals surface area contributed by atoms with E-state index in [2.05, 4.69) is 9.97 Å². The van der Waals surface area contributed by atoms with Crippen LogP contribution < -0.4 is 4.74 Å². The van der Waals surface area contributed by atoms with Crippen LogP contribution >= 0.6 is 0 Å². The largest absolute Gasteiger partial charge is 0.453 e. The topological polar surface area (TPSA) is 55.3 Å². The Balaban J connectivity index is 1.80. The molecule has 0 saturated carbocycles. The number of amides is 1. The van der Waals surface area contributed by atoms with Gasteiger partial charge in [-0.15, -0.1) is 0 Å². The summed E-state index contributed by atoms with van der Waals surface area (Å²) in [7, 11) is 0. The normalized spacial score (nSPS) is 15.3. The average Bonchev–Trinajstić information content (AvgIpc) is 2.81. The van der Waals surface area contributed by atoms with E-state index in [0.717, 1.165) is 25.9 Å². The first-order chi connectivity index (χ1) is 7.36. The number of rotatable bonds is 3. The molecule has 2 rings (SSSR count). The van der Waals surface area contributed by atoms with Gasteiger partial charge in [0, 0.05) is 25.5 Å². The molecule has 5 heteroatoms. The third-order valence-corrected chi connectivity index (χ3v) is 2.33. The second kappa shape index (κ2) is 4.72. The van der Waals surface area contributed by atoms with Crippen LogP contribution in [-0.4, -0.2) is 40.5 Å². The molecule has 0 unspecified atom stereocenters. The van der Waals surface area contributed by atoms with Crippen molar-refractivity contribution in [1.29, 1.82) is 0 Å². The molecule has 0 radical (unpaired) electrons. The zero-order valence-electron chi connectivity index (χ0n) is 8.43. The van der Waals surface area contributed by atoms with E-state index in [1.807, 2.05) is 4.90 Å². The minimum atomic E-state index is 0.0138. The lowest BCUT2D eigenvalue weighted by Gasteiger charge is -2.14. The maximum Gasteiger partial charge on any atom is 0.316 e. The van der Waals surface area contributed by atoms with Crippen molar-refractivity contribution in [1.82, 2.24) is 14.9 Å². The number of nitrogens with zero attached hydrogens (tertiary/aromatic N) is 3. The first-order valence-electron chi connectivity index (χ1n) is 5.04. The van der Waals surface area contributed by atoms with Crippen LogP contribution in [0, 0.1) is 0 Å². The number of likely N-dealkylation sites (tertiary alicyclic amines) is 1. The number of ether oxygens (including phenoxy) is 1. The number of hydrogen-bond acceptors (Lipinski definition) is 4. The molecule has 1 fully saturated rings. The molecule has 1 aromatic heterocycles. The van der Waals surface area contributed by atoms with Gasteiger partial charge in [-0.3, -0.25) is 4.79 Å². The van der Waals surface area contributed by atoms with Crippen LogP contribution in [-0.2, 0) is 4.79 Å². The Labute approximate surface area is 88.1 Å². The zero-order valence-corrected chi connectivity index (χ0v) is 8.43. The van der Waals surface area contributed by atoms with Gasteiger partial charge in [-0.2, -0.15) is 0 Å². The second-order valence-electron chi connectivity index (χ2n) is 3.41. The highest BCUT2D eigenvalue weighted by atomic mass is 16.5. The molecule has 1 aliphatic rings. The third kappa shape index (κ3) is 2.65. The summed E-state index contributed by atoms with van der Waals surface area (Å²) in [5.41, 5.74) is 0. The molecule has 1 aromatic rings. The number of carbonyl (C=O) groups is 1. The van der Waals surface area contributed by atoms with E-state index in [-0.39, 0.29) is 18.5 Å². The molecule has 1 amide bonds. The predicted octanol–water partition coefficient (Wildman–Crippen LogP) is 0.478. The Kier molecular flexibility index (Phi) is 3.11. The minimum Gasteiger partial charge on any atom is -0.453 e. The predicted molar refractivity (Wildman–Crippen MR) is 53.3 cm³/mol. The summed E-state index contributed by atoms with van der Waals surface area (Å²) in [6, 6.07) is 1.96. The smallest absolute Gasteiger partial charge is 0.316 e.